The number of rotatable bonds is 7. The first kappa shape index (κ1) is 29.2. The summed E-state index contributed by atoms with van der Waals surface area (Å²) in [6.07, 6.45) is 6.20. The van der Waals surface area contributed by atoms with Gasteiger partial charge in [-0.1, -0.05) is 42.5 Å². The molecule has 1 atom stereocenters. The molecule has 1 aliphatic rings. The molecule has 2 N–H and O–H groups in total. The summed E-state index contributed by atoms with van der Waals surface area (Å²) in [5.74, 6) is -0.344. The Morgan fingerprint density at radius 1 is 1.11 bits per heavy atom. The van der Waals surface area contributed by atoms with E-state index < -0.39 is 16.3 Å². The van der Waals surface area contributed by atoms with Crippen molar-refractivity contribution in [1.29, 1.82) is 0 Å². The number of allylic oxidation sites excluding steroid dienone is 4. The number of nitrogens with one attached hydrogen (secondary N) is 1. The standard InChI is InChI=1S/C33H29FN4O5S/c1-35-32(39)30-26-16-24(22-11-14-27-25(15-22)33(40)38(19-36-27)18-20-7-5-4-6-8-20)28(37(2)44(3,41)42)17-29(26)43-31(30)21-9-12-23(34)13-10-21/h4-9,11-12,14-17,19H,10,13,18H2,1-3H3,(H-,35,39,41,42)/p+1. The fraction of sp³-hybridized carbons (Fsp3) is 0.182. The Labute approximate surface area is 253 Å². The molecule has 2 aromatic heterocycles. The van der Waals surface area contributed by atoms with E-state index in [0.29, 0.717) is 63.0 Å². The van der Waals surface area contributed by atoms with Crippen molar-refractivity contribution in [3.8, 4) is 11.1 Å². The molecule has 44 heavy (non-hydrogen) atoms. The van der Waals surface area contributed by atoms with E-state index in [1.807, 2.05) is 30.3 Å². The Morgan fingerprint density at radius 3 is 2.57 bits per heavy atom. The topological polar surface area (TPSA) is 118 Å². The fourth-order valence-electron chi connectivity index (χ4n) is 5.40. The molecule has 9 nitrogen and oxygen atoms in total. The molecule has 1 amide bonds. The molecule has 3 aromatic carbocycles. The monoisotopic (exact) mass is 613 g/mol. The van der Waals surface area contributed by atoms with Gasteiger partial charge in [-0.05, 0) is 51.6 Å². The lowest BCUT2D eigenvalue weighted by atomic mass is 9.95. The molecule has 0 saturated carbocycles. The molecule has 1 aliphatic carbocycles. The lowest BCUT2D eigenvalue weighted by Crippen LogP contribution is -2.31. The Kier molecular flexibility index (Phi) is 7.52. The number of benzene rings is 3. The number of nitrogens with zero attached hydrogens (tertiary/aromatic N) is 3. The first-order valence-corrected chi connectivity index (χ1v) is 15.8. The van der Waals surface area contributed by atoms with Gasteiger partial charge in [0.05, 0.1) is 42.1 Å². The Balaban J connectivity index is 1.58. The van der Waals surface area contributed by atoms with E-state index in [-0.39, 0.29) is 23.4 Å². The van der Waals surface area contributed by atoms with E-state index in [0.717, 1.165) is 5.56 Å². The van der Waals surface area contributed by atoms with Gasteiger partial charge in [0.1, 0.15) is 17.2 Å². The second kappa shape index (κ2) is 11.3. The number of furan rings is 1. The van der Waals surface area contributed by atoms with Gasteiger partial charge in [-0.25, -0.2) is 9.37 Å². The lowest BCUT2D eigenvalue weighted by Gasteiger charge is -2.19. The highest BCUT2D eigenvalue weighted by molar-refractivity contribution is 7.98. The largest absolute Gasteiger partial charge is 0.455 e. The molecule has 0 spiro atoms. The fourth-order valence-corrected chi connectivity index (χ4v) is 5.92. The highest BCUT2D eigenvalue weighted by atomic mass is 32.3. The smallest absolute Gasteiger partial charge is 0.309 e. The number of amides is 1. The zero-order valence-corrected chi connectivity index (χ0v) is 25.2. The minimum Gasteiger partial charge on any atom is -0.455 e. The normalized spacial score (nSPS) is 14.7. The van der Waals surface area contributed by atoms with Crippen LogP contribution in [-0.4, -0.2) is 40.4 Å². The number of carbonyl (C=O) groups is 1. The summed E-state index contributed by atoms with van der Waals surface area (Å²) in [6, 6.07) is 18.1. The van der Waals surface area contributed by atoms with Crippen LogP contribution in [0, 0.1) is 0 Å². The predicted octanol–water partition coefficient (Wildman–Crippen LogP) is 6.20. The summed E-state index contributed by atoms with van der Waals surface area (Å²) in [7, 11) is -0.474. The number of carbonyl (C=O) groups excluding carboxylic acids is 1. The molecule has 1 unspecified atom stereocenters. The van der Waals surface area contributed by atoms with Crippen molar-refractivity contribution in [3.63, 3.8) is 0 Å². The van der Waals surface area contributed by atoms with Crippen LogP contribution in [0.5, 0.6) is 0 Å². The van der Waals surface area contributed by atoms with Gasteiger partial charge in [0.25, 0.3) is 11.5 Å². The van der Waals surface area contributed by atoms with Crippen molar-refractivity contribution in [2.24, 2.45) is 0 Å². The quantitative estimate of drug-likeness (QED) is 0.211. The minimum atomic E-state index is -3.47. The molecule has 11 heteroatoms. The summed E-state index contributed by atoms with van der Waals surface area (Å²) in [6.45, 7) is 0.345. The first-order valence-electron chi connectivity index (χ1n) is 13.9. The second-order valence-corrected chi connectivity index (χ2v) is 12.8. The molecular formula is C33H30FN4O5S+. The number of hydrogen-bond acceptors (Lipinski definition) is 5. The molecule has 0 aliphatic heterocycles. The van der Waals surface area contributed by atoms with Crippen molar-refractivity contribution < 1.29 is 22.4 Å². The summed E-state index contributed by atoms with van der Waals surface area (Å²) < 4.78 is 46.2. The van der Waals surface area contributed by atoms with Gasteiger partial charge in [-0.2, -0.15) is 8.86 Å². The number of fused-ring (bicyclic) bond motifs is 2. The maximum atomic E-state index is 13.8. The zero-order valence-electron chi connectivity index (χ0n) is 24.3. The molecule has 6 rings (SSSR count). The molecule has 0 fully saturated rings. The summed E-state index contributed by atoms with van der Waals surface area (Å²) in [5, 5.41) is 3.50. The van der Waals surface area contributed by atoms with Crippen LogP contribution in [-0.2, 0) is 21.2 Å². The Hall–Kier alpha value is -4.87. The third-order valence-electron chi connectivity index (χ3n) is 7.83. The van der Waals surface area contributed by atoms with Gasteiger partial charge in [0.15, 0.2) is 6.26 Å². The molecular weight excluding hydrogens is 583 g/mol. The Morgan fingerprint density at radius 2 is 1.89 bits per heavy atom. The number of aromatic nitrogens is 2. The summed E-state index contributed by atoms with van der Waals surface area (Å²) >= 11 is 0. The second-order valence-electron chi connectivity index (χ2n) is 10.7. The van der Waals surface area contributed by atoms with E-state index >= 15 is 0 Å². The number of hydrogen-bond donors (Lipinski definition) is 2. The van der Waals surface area contributed by atoms with Gasteiger partial charge < -0.3 is 9.73 Å². The van der Waals surface area contributed by atoms with E-state index in [1.54, 1.807) is 36.4 Å². The predicted molar refractivity (Wildman–Crippen MR) is 172 cm³/mol. The van der Waals surface area contributed by atoms with Crippen molar-refractivity contribution in [2.45, 2.75) is 19.4 Å². The molecule has 0 radical (unpaired) electrons. The highest BCUT2D eigenvalue weighted by Crippen LogP contribution is 2.42. The zero-order chi connectivity index (χ0) is 31.2. The van der Waals surface area contributed by atoms with E-state index in [1.165, 1.54) is 41.6 Å². The highest BCUT2D eigenvalue weighted by Gasteiger charge is 2.31. The van der Waals surface area contributed by atoms with Gasteiger partial charge in [-0.15, -0.1) is 0 Å². The van der Waals surface area contributed by atoms with Crippen LogP contribution >= 0.6 is 0 Å². The third kappa shape index (κ3) is 5.36. The van der Waals surface area contributed by atoms with E-state index in [9.17, 15) is 22.7 Å². The van der Waals surface area contributed by atoms with Gasteiger partial charge in [0.2, 0.25) is 0 Å². The number of halogens is 1. The average molecular weight is 614 g/mol. The minimum absolute atomic E-state index is 0.185. The van der Waals surface area contributed by atoms with Crippen molar-refractivity contribution in [2.75, 3.05) is 24.7 Å². The molecule has 224 valence electrons. The third-order valence-corrected chi connectivity index (χ3v) is 9.04. The molecule has 5 aromatic rings. The van der Waals surface area contributed by atoms with Crippen molar-refractivity contribution in [1.82, 2.24) is 14.9 Å². The van der Waals surface area contributed by atoms with Crippen molar-refractivity contribution in [3.05, 3.63) is 112 Å². The van der Waals surface area contributed by atoms with Crippen LogP contribution in [0.25, 0.3) is 38.6 Å². The molecule has 0 bridgehead atoms. The lowest BCUT2D eigenvalue weighted by molar-refractivity contribution is 0.0963. The maximum absolute atomic E-state index is 13.8. The van der Waals surface area contributed by atoms with Crippen molar-refractivity contribution >= 4 is 49.4 Å². The average Bonchev–Trinajstić information content (AvgIpc) is 3.40. The van der Waals surface area contributed by atoms with Gasteiger partial charge in [-0.3, -0.25) is 14.2 Å². The Bertz CT molecular complexity index is 2110. The molecule has 0 saturated heterocycles. The van der Waals surface area contributed by atoms with E-state index in [2.05, 4.69) is 10.3 Å². The summed E-state index contributed by atoms with van der Waals surface area (Å²) in [5.41, 5.74) is 3.90. The molecule has 2 heterocycles. The maximum Gasteiger partial charge on any atom is 0.309 e. The first-order chi connectivity index (χ1) is 21.0. The van der Waals surface area contributed by atoms with Crippen LogP contribution in [0.2, 0.25) is 0 Å². The van der Waals surface area contributed by atoms with Crippen LogP contribution in [0.4, 0.5) is 10.1 Å². The van der Waals surface area contributed by atoms with Crippen LogP contribution in [0.1, 0.15) is 34.5 Å². The van der Waals surface area contributed by atoms with Crippen LogP contribution < -0.4 is 15.2 Å². The van der Waals surface area contributed by atoms with Crippen LogP contribution in [0.3, 0.4) is 0 Å². The van der Waals surface area contributed by atoms with Gasteiger partial charge >= 0.3 is 10.4 Å². The number of anilines is 1. The van der Waals surface area contributed by atoms with Gasteiger partial charge in [0, 0.05) is 30.5 Å². The SMILES string of the molecule is CNC(=O)c1c(C2=CC=C(F)CC2)oc2cc(N(C)[S+](C)(=O)O)c(-c3ccc4ncn(Cc5ccccc5)c(=O)c4c3)cc12. The van der Waals surface area contributed by atoms with Crippen LogP contribution in [0.15, 0.2) is 94.2 Å². The summed E-state index contributed by atoms with van der Waals surface area (Å²) in [4.78, 5) is 31.3. The van der Waals surface area contributed by atoms with E-state index in [4.69, 9.17) is 4.42 Å².